The Morgan fingerprint density at radius 2 is 1.95 bits per heavy atom. The van der Waals surface area contributed by atoms with Crippen molar-refractivity contribution in [3.05, 3.63) is 58.1 Å². The summed E-state index contributed by atoms with van der Waals surface area (Å²) in [6, 6.07) is 10.0. The smallest absolute Gasteiger partial charge is 0.165 e. The number of halogens is 4. The maximum Gasteiger partial charge on any atom is 0.165 e. The molecule has 0 fully saturated rings. The number of hydrogen-bond acceptors (Lipinski definition) is 1. The normalized spacial score (nSPS) is 11.2. The van der Waals surface area contributed by atoms with Crippen molar-refractivity contribution in [1.29, 1.82) is 0 Å². The molecule has 0 aliphatic heterocycles. The molecule has 3 aromatic rings. The third-order valence-electron chi connectivity index (χ3n) is 2.98. The second kappa shape index (κ2) is 5.24. The highest BCUT2D eigenvalue weighted by Gasteiger charge is 2.16. The molecule has 2 aromatic carbocycles. The average Bonchev–Trinajstić information content (AvgIpc) is 2.79. The second-order valence-electron chi connectivity index (χ2n) is 4.20. The van der Waals surface area contributed by atoms with Crippen LogP contribution in [0.2, 0.25) is 10.0 Å². The van der Waals surface area contributed by atoms with Crippen molar-refractivity contribution < 1.29 is 4.39 Å². The van der Waals surface area contributed by atoms with Crippen LogP contribution in [0.5, 0.6) is 0 Å². The highest BCUT2D eigenvalue weighted by Crippen LogP contribution is 2.28. The number of aromatic nitrogens is 2. The van der Waals surface area contributed by atoms with Crippen molar-refractivity contribution in [3.8, 4) is 5.69 Å². The van der Waals surface area contributed by atoms with Gasteiger partial charge in [-0.2, -0.15) is 0 Å². The Morgan fingerprint density at radius 3 is 2.70 bits per heavy atom. The minimum atomic E-state index is -0.505. The molecular weight excluding hydrogens is 322 g/mol. The zero-order chi connectivity index (χ0) is 14.3. The Hall–Kier alpha value is -1.29. The van der Waals surface area contributed by atoms with Crippen molar-refractivity contribution in [2.45, 2.75) is 5.88 Å². The predicted molar refractivity (Wildman–Crippen MR) is 80.6 cm³/mol. The topological polar surface area (TPSA) is 17.8 Å². The molecule has 20 heavy (non-hydrogen) atoms. The van der Waals surface area contributed by atoms with E-state index in [0.717, 1.165) is 5.52 Å². The summed E-state index contributed by atoms with van der Waals surface area (Å²) < 4.78 is 15.9. The monoisotopic (exact) mass is 328 g/mol. The lowest BCUT2D eigenvalue weighted by Crippen LogP contribution is -2.02. The van der Waals surface area contributed by atoms with Crippen LogP contribution < -0.4 is 0 Å². The molecule has 2 nitrogen and oxygen atoms in total. The van der Waals surface area contributed by atoms with E-state index in [1.807, 2.05) is 0 Å². The highest BCUT2D eigenvalue weighted by molar-refractivity contribution is 6.31. The first-order valence-corrected chi connectivity index (χ1v) is 7.08. The third-order valence-corrected chi connectivity index (χ3v) is 3.74. The van der Waals surface area contributed by atoms with Crippen LogP contribution >= 0.6 is 34.8 Å². The van der Waals surface area contributed by atoms with Gasteiger partial charge in [-0.15, -0.1) is 11.6 Å². The van der Waals surface area contributed by atoms with Gasteiger partial charge < -0.3 is 0 Å². The molecule has 0 saturated carbocycles. The number of rotatable bonds is 2. The Morgan fingerprint density at radius 1 is 1.15 bits per heavy atom. The molecule has 102 valence electrons. The zero-order valence-electron chi connectivity index (χ0n) is 10.1. The summed E-state index contributed by atoms with van der Waals surface area (Å²) >= 11 is 17.7. The second-order valence-corrected chi connectivity index (χ2v) is 5.31. The van der Waals surface area contributed by atoms with Crippen LogP contribution in [-0.4, -0.2) is 9.55 Å². The standard InChI is InChI=1S/C14H8Cl3FN2/c15-7-13-19-10-6-8(16)4-5-11(10)20(13)12-3-1-2-9(17)14(12)18/h1-6H,7H2. The van der Waals surface area contributed by atoms with E-state index in [2.05, 4.69) is 4.98 Å². The van der Waals surface area contributed by atoms with Crippen LogP contribution in [0.4, 0.5) is 4.39 Å². The first kappa shape index (κ1) is 13.7. The van der Waals surface area contributed by atoms with Gasteiger partial charge in [-0.05, 0) is 30.3 Å². The Bertz CT molecular complexity index is 798. The minimum Gasteiger partial charge on any atom is -0.292 e. The predicted octanol–water partition coefficient (Wildman–Crippen LogP) is 5.21. The van der Waals surface area contributed by atoms with E-state index >= 15 is 0 Å². The SMILES string of the molecule is Fc1c(Cl)cccc1-n1c(CCl)nc2cc(Cl)ccc21. The summed E-state index contributed by atoms with van der Waals surface area (Å²) in [6.45, 7) is 0. The van der Waals surface area contributed by atoms with Crippen LogP contribution in [-0.2, 0) is 5.88 Å². The summed E-state index contributed by atoms with van der Waals surface area (Å²) in [6.07, 6.45) is 0. The van der Waals surface area contributed by atoms with Gasteiger partial charge in [-0.3, -0.25) is 4.57 Å². The number of imidazole rings is 1. The fourth-order valence-corrected chi connectivity index (χ4v) is 2.64. The van der Waals surface area contributed by atoms with E-state index in [4.69, 9.17) is 34.8 Å². The van der Waals surface area contributed by atoms with Gasteiger partial charge in [0.15, 0.2) is 5.82 Å². The summed E-state index contributed by atoms with van der Waals surface area (Å²) in [5.74, 6) is 0.179. The fourth-order valence-electron chi connectivity index (χ4n) is 2.13. The van der Waals surface area contributed by atoms with Gasteiger partial charge in [0.25, 0.3) is 0 Å². The maximum absolute atomic E-state index is 14.2. The van der Waals surface area contributed by atoms with Crippen LogP contribution in [0.25, 0.3) is 16.7 Å². The molecule has 0 bridgehead atoms. The average molecular weight is 330 g/mol. The van der Waals surface area contributed by atoms with Gasteiger partial charge in [0.1, 0.15) is 5.82 Å². The van der Waals surface area contributed by atoms with Gasteiger partial charge >= 0.3 is 0 Å². The zero-order valence-corrected chi connectivity index (χ0v) is 12.3. The fraction of sp³-hybridized carbons (Fsp3) is 0.0714. The van der Waals surface area contributed by atoms with Crippen LogP contribution in [0.15, 0.2) is 36.4 Å². The molecule has 0 amide bonds. The molecular formula is C14H8Cl3FN2. The molecule has 0 N–H and O–H groups in total. The van der Waals surface area contributed by atoms with Crippen LogP contribution in [0, 0.1) is 5.82 Å². The largest absolute Gasteiger partial charge is 0.292 e. The molecule has 0 atom stereocenters. The summed E-state index contributed by atoms with van der Waals surface area (Å²) in [5.41, 5.74) is 1.71. The van der Waals surface area contributed by atoms with E-state index in [1.165, 1.54) is 6.07 Å². The number of benzene rings is 2. The Balaban J connectivity index is 2.37. The number of alkyl halides is 1. The molecule has 0 aliphatic carbocycles. The first-order valence-electron chi connectivity index (χ1n) is 5.79. The lowest BCUT2D eigenvalue weighted by molar-refractivity contribution is 0.618. The quantitative estimate of drug-likeness (QED) is 0.590. The van der Waals surface area contributed by atoms with Gasteiger partial charge in [0.05, 0.1) is 27.6 Å². The van der Waals surface area contributed by atoms with E-state index in [0.29, 0.717) is 22.1 Å². The number of fused-ring (bicyclic) bond motifs is 1. The first-order chi connectivity index (χ1) is 9.61. The number of hydrogen-bond donors (Lipinski definition) is 0. The highest BCUT2D eigenvalue weighted by atomic mass is 35.5. The Kier molecular flexibility index (Phi) is 3.59. The van der Waals surface area contributed by atoms with E-state index in [1.54, 1.807) is 34.9 Å². The molecule has 0 saturated heterocycles. The van der Waals surface area contributed by atoms with Crippen LogP contribution in [0.3, 0.4) is 0 Å². The molecule has 6 heteroatoms. The molecule has 0 unspecified atom stereocenters. The maximum atomic E-state index is 14.2. The summed E-state index contributed by atoms with van der Waals surface area (Å²) in [4.78, 5) is 4.38. The van der Waals surface area contributed by atoms with Gasteiger partial charge in [0, 0.05) is 5.02 Å². The summed E-state index contributed by atoms with van der Waals surface area (Å²) in [5, 5.41) is 0.619. The molecule has 1 heterocycles. The third kappa shape index (κ3) is 2.16. The van der Waals surface area contributed by atoms with Gasteiger partial charge in [0.2, 0.25) is 0 Å². The van der Waals surface area contributed by atoms with Crippen molar-refractivity contribution in [3.63, 3.8) is 0 Å². The summed E-state index contributed by atoms with van der Waals surface area (Å²) in [7, 11) is 0. The van der Waals surface area contributed by atoms with Gasteiger partial charge in [-0.1, -0.05) is 29.3 Å². The molecule has 3 rings (SSSR count). The molecule has 0 spiro atoms. The van der Waals surface area contributed by atoms with E-state index in [-0.39, 0.29) is 10.9 Å². The van der Waals surface area contributed by atoms with Crippen molar-refractivity contribution in [2.75, 3.05) is 0 Å². The van der Waals surface area contributed by atoms with Gasteiger partial charge in [-0.25, -0.2) is 9.37 Å². The lowest BCUT2D eigenvalue weighted by atomic mass is 10.2. The molecule has 0 aliphatic rings. The molecule has 0 radical (unpaired) electrons. The van der Waals surface area contributed by atoms with Crippen LogP contribution in [0.1, 0.15) is 5.82 Å². The van der Waals surface area contributed by atoms with Crippen molar-refractivity contribution in [1.82, 2.24) is 9.55 Å². The number of nitrogens with zero attached hydrogens (tertiary/aromatic N) is 2. The molecule has 1 aromatic heterocycles. The van der Waals surface area contributed by atoms with E-state index in [9.17, 15) is 4.39 Å². The van der Waals surface area contributed by atoms with E-state index < -0.39 is 5.82 Å². The minimum absolute atomic E-state index is 0.0545. The van der Waals surface area contributed by atoms with Crippen molar-refractivity contribution >= 4 is 45.8 Å². The Labute approximate surface area is 129 Å². The van der Waals surface area contributed by atoms with Crippen molar-refractivity contribution in [2.24, 2.45) is 0 Å². The lowest BCUT2D eigenvalue weighted by Gasteiger charge is -2.09.